The summed E-state index contributed by atoms with van der Waals surface area (Å²) in [6, 6.07) is 2.10. The van der Waals surface area contributed by atoms with E-state index < -0.39 is 0 Å². The second-order valence-electron chi connectivity index (χ2n) is 8.19. The van der Waals surface area contributed by atoms with Crippen LogP contribution in [-0.4, -0.2) is 60.1 Å². The van der Waals surface area contributed by atoms with Crippen LogP contribution in [0.1, 0.15) is 32.2 Å². The largest absolute Gasteiger partial charge is 0.380 e. The van der Waals surface area contributed by atoms with Gasteiger partial charge in [-0.15, -0.1) is 0 Å². The molecule has 0 amide bonds. The fraction of sp³-hybridized carbons (Fsp3) is 0.455. The van der Waals surface area contributed by atoms with E-state index in [1.807, 2.05) is 36.8 Å². The summed E-state index contributed by atoms with van der Waals surface area (Å²) in [5, 5.41) is 11.3. The lowest BCUT2D eigenvalue weighted by Crippen LogP contribution is -2.30. The molecule has 4 aromatic rings. The van der Waals surface area contributed by atoms with Crippen LogP contribution >= 0.6 is 11.5 Å². The molecule has 0 aliphatic carbocycles. The number of ether oxygens (including phenoxy) is 1. The lowest BCUT2D eigenvalue weighted by molar-refractivity contribution is 0.105. The zero-order valence-electron chi connectivity index (χ0n) is 19.0. The summed E-state index contributed by atoms with van der Waals surface area (Å²) in [6.07, 6.45) is 7.47. The van der Waals surface area contributed by atoms with Crippen LogP contribution in [0.3, 0.4) is 0 Å². The smallest absolute Gasteiger partial charge is 0.180 e. The first-order chi connectivity index (χ1) is 15.5. The van der Waals surface area contributed by atoms with Gasteiger partial charge in [-0.1, -0.05) is 13.8 Å². The fourth-order valence-electron chi connectivity index (χ4n) is 3.68. The summed E-state index contributed by atoms with van der Waals surface area (Å²) >= 11 is 1.44. The standard InChI is InChI=1S/C22H30N8OS/c1-5-31-7-6-29(12-15(2)3)14-18-8-20(32-28-18)27-21-22-23-11-19(17-9-24-25-10-17)30(22)13-16(4)26-21/h8-11,13,15H,5-7,12,14H2,1-4H3,(H,24,25)(H,26,27). The molecule has 0 saturated carbocycles. The molecule has 0 aliphatic rings. The van der Waals surface area contributed by atoms with Gasteiger partial charge in [0.15, 0.2) is 11.5 Å². The topological polar surface area (TPSA) is 96.3 Å². The Morgan fingerprint density at radius 3 is 2.94 bits per heavy atom. The Labute approximate surface area is 192 Å². The zero-order valence-corrected chi connectivity index (χ0v) is 19.8. The van der Waals surface area contributed by atoms with Crippen LogP contribution in [0.5, 0.6) is 0 Å². The normalized spacial score (nSPS) is 11.8. The summed E-state index contributed by atoms with van der Waals surface area (Å²) in [4.78, 5) is 11.7. The molecule has 170 valence electrons. The number of aromatic amines is 1. The molecule has 4 rings (SSSR count). The molecule has 10 heteroatoms. The Hall–Kier alpha value is -2.82. The number of aromatic nitrogens is 6. The number of imidazole rings is 1. The van der Waals surface area contributed by atoms with E-state index in [4.69, 9.17) is 4.74 Å². The molecule has 0 aromatic carbocycles. The Balaban J connectivity index is 1.51. The van der Waals surface area contributed by atoms with Crippen molar-refractivity contribution in [1.29, 1.82) is 0 Å². The van der Waals surface area contributed by atoms with Crippen LogP contribution in [0.15, 0.2) is 30.9 Å². The molecule has 0 aliphatic heterocycles. The highest BCUT2D eigenvalue weighted by Crippen LogP contribution is 2.27. The Kier molecular flexibility index (Phi) is 7.13. The van der Waals surface area contributed by atoms with Crippen LogP contribution < -0.4 is 5.32 Å². The van der Waals surface area contributed by atoms with E-state index in [9.17, 15) is 0 Å². The first-order valence-corrected chi connectivity index (χ1v) is 11.7. The highest BCUT2D eigenvalue weighted by molar-refractivity contribution is 7.10. The summed E-state index contributed by atoms with van der Waals surface area (Å²) in [6.45, 7) is 12.7. The van der Waals surface area contributed by atoms with E-state index in [0.717, 1.165) is 66.1 Å². The SMILES string of the molecule is CCOCCN(Cc1cc(Nc2nc(C)cn3c(-c4cn[nH]c4)cnc23)sn1)CC(C)C. The Morgan fingerprint density at radius 2 is 2.19 bits per heavy atom. The van der Waals surface area contributed by atoms with Crippen molar-refractivity contribution in [3.63, 3.8) is 0 Å². The van der Waals surface area contributed by atoms with Crippen molar-refractivity contribution in [1.82, 2.24) is 33.8 Å². The molecular formula is C22H30N8OS. The molecule has 4 aromatic heterocycles. The van der Waals surface area contributed by atoms with Crippen LogP contribution in [-0.2, 0) is 11.3 Å². The monoisotopic (exact) mass is 454 g/mol. The Morgan fingerprint density at radius 1 is 1.31 bits per heavy atom. The number of fused-ring (bicyclic) bond motifs is 1. The predicted molar refractivity (Wildman–Crippen MR) is 127 cm³/mol. The maximum atomic E-state index is 5.55. The maximum absolute atomic E-state index is 5.55. The van der Waals surface area contributed by atoms with E-state index in [-0.39, 0.29) is 0 Å². The molecule has 0 radical (unpaired) electrons. The van der Waals surface area contributed by atoms with Crippen molar-refractivity contribution in [2.45, 2.75) is 34.2 Å². The van der Waals surface area contributed by atoms with Gasteiger partial charge in [-0.3, -0.25) is 14.4 Å². The van der Waals surface area contributed by atoms with E-state index in [1.54, 1.807) is 6.20 Å². The molecule has 0 atom stereocenters. The number of rotatable bonds is 11. The van der Waals surface area contributed by atoms with E-state index in [1.165, 1.54) is 11.5 Å². The number of anilines is 2. The molecular weight excluding hydrogens is 424 g/mol. The van der Waals surface area contributed by atoms with Gasteiger partial charge in [0.2, 0.25) is 0 Å². The van der Waals surface area contributed by atoms with Crippen molar-refractivity contribution >= 4 is 28.0 Å². The zero-order chi connectivity index (χ0) is 22.5. The number of H-pyrrole nitrogens is 1. The highest BCUT2D eigenvalue weighted by atomic mass is 32.1. The van der Waals surface area contributed by atoms with Crippen LogP contribution in [0.4, 0.5) is 10.8 Å². The number of nitrogens with one attached hydrogen (secondary N) is 2. The van der Waals surface area contributed by atoms with Crippen molar-refractivity contribution in [2.24, 2.45) is 5.92 Å². The lowest BCUT2D eigenvalue weighted by atomic mass is 10.2. The third-order valence-electron chi connectivity index (χ3n) is 4.97. The van der Waals surface area contributed by atoms with Gasteiger partial charge in [0.25, 0.3) is 0 Å². The molecule has 2 N–H and O–H groups in total. The molecule has 32 heavy (non-hydrogen) atoms. The van der Waals surface area contributed by atoms with Gasteiger partial charge in [-0.2, -0.15) is 9.47 Å². The first-order valence-electron chi connectivity index (χ1n) is 10.9. The van der Waals surface area contributed by atoms with Gasteiger partial charge in [-0.25, -0.2) is 9.97 Å². The molecule has 9 nitrogen and oxygen atoms in total. The summed E-state index contributed by atoms with van der Waals surface area (Å²) < 4.78 is 12.3. The number of hydrogen-bond donors (Lipinski definition) is 2. The van der Waals surface area contributed by atoms with Gasteiger partial charge in [0.1, 0.15) is 5.00 Å². The predicted octanol–water partition coefficient (Wildman–Crippen LogP) is 4.12. The lowest BCUT2D eigenvalue weighted by Gasteiger charge is -2.23. The molecule has 0 fully saturated rings. The third kappa shape index (κ3) is 5.32. The fourth-order valence-corrected chi connectivity index (χ4v) is 4.33. The minimum Gasteiger partial charge on any atom is -0.380 e. The molecule has 4 heterocycles. The van der Waals surface area contributed by atoms with E-state index in [2.05, 4.69) is 54.7 Å². The second-order valence-corrected chi connectivity index (χ2v) is 8.99. The third-order valence-corrected chi connectivity index (χ3v) is 5.71. The number of aryl methyl sites for hydroxylation is 1. The van der Waals surface area contributed by atoms with Crippen molar-refractivity contribution in [2.75, 3.05) is 31.6 Å². The van der Waals surface area contributed by atoms with Gasteiger partial charge in [-0.05, 0) is 37.4 Å². The van der Waals surface area contributed by atoms with Crippen molar-refractivity contribution in [3.8, 4) is 11.3 Å². The number of hydrogen-bond acceptors (Lipinski definition) is 8. The van der Waals surface area contributed by atoms with E-state index >= 15 is 0 Å². The minimum absolute atomic E-state index is 0.586. The van der Waals surface area contributed by atoms with Crippen LogP contribution in [0.25, 0.3) is 16.9 Å². The minimum atomic E-state index is 0.586. The highest BCUT2D eigenvalue weighted by Gasteiger charge is 2.15. The quantitative estimate of drug-likeness (QED) is 0.329. The van der Waals surface area contributed by atoms with Gasteiger partial charge in [0.05, 0.1) is 36.1 Å². The van der Waals surface area contributed by atoms with Crippen LogP contribution in [0, 0.1) is 12.8 Å². The van der Waals surface area contributed by atoms with Gasteiger partial charge < -0.3 is 10.1 Å². The molecule has 0 unspecified atom stereocenters. The maximum Gasteiger partial charge on any atom is 0.180 e. The van der Waals surface area contributed by atoms with Gasteiger partial charge >= 0.3 is 0 Å². The number of nitrogens with zero attached hydrogens (tertiary/aromatic N) is 6. The molecule has 0 spiro atoms. The average molecular weight is 455 g/mol. The first kappa shape index (κ1) is 22.4. The van der Waals surface area contributed by atoms with Crippen molar-refractivity contribution in [3.05, 3.63) is 42.2 Å². The van der Waals surface area contributed by atoms with E-state index in [0.29, 0.717) is 11.7 Å². The molecule has 0 saturated heterocycles. The molecule has 0 bridgehead atoms. The van der Waals surface area contributed by atoms with Crippen molar-refractivity contribution < 1.29 is 4.74 Å². The second kappa shape index (κ2) is 10.2. The Bertz CT molecular complexity index is 1130. The summed E-state index contributed by atoms with van der Waals surface area (Å²) in [7, 11) is 0. The van der Waals surface area contributed by atoms with Gasteiger partial charge in [0, 0.05) is 44.2 Å². The summed E-state index contributed by atoms with van der Waals surface area (Å²) in [5.74, 6) is 1.30. The summed E-state index contributed by atoms with van der Waals surface area (Å²) in [5.41, 5.74) is 4.64. The average Bonchev–Trinajstić information content (AvgIpc) is 3.48. The van der Waals surface area contributed by atoms with Crippen LogP contribution in [0.2, 0.25) is 0 Å².